The summed E-state index contributed by atoms with van der Waals surface area (Å²) in [4.78, 5) is -0.134. The van der Waals surface area contributed by atoms with Crippen LogP contribution in [0.25, 0.3) is 0 Å². The molecule has 1 saturated heterocycles. The zero-order valence-corrected chi connectivity index (χ0v) is 18.3. The van der Waals surface area contributed by atoms with Crippen LogP contribution >= 0.6 is 0 Å². The lowest BCUT2D eigenvalue weighted by Gasteiger charge is -2.36. The van der Waals surface area contributed by atoms with Crippen LogP contribution in [0.2, 0.25) is 0 Å². The summed E-state index contributed by atoms with van der Waals surface area (Å²) in [5.41, 5.74) is 0.397. The molecule has 0 bridgehead atoms. The summed E-state index contributed by atoms with van der Waals surface area (Å²) in [7, 11) is -6.26. The van der Waals surface area contributed by atoms with Crippen LogP contribution in [0.15, 0.2) is 21.9 Å². The second kappa shape index (κ2) is 8.05. The maximum Gasteiger partial charge on any atom is 0.246 e. The molecule has 0 radical (unpaired) electrons. The van der Waals surface area contributed by atoms with Crippen molar-refractivity contribution in [1.29, 1.82) is 0 Å². The summed E-state index contributed by atoms with van der Waals surface area (Å²) < 4.78 is 61.9. The average molecular weight is 444 g/mol. The summed E-state index contributed by atoms with van der Waals surface area (Å²) in [5.74, 6) is 0.385. The molecule has 1 aliphatic carbocycles. The monoisotopic (exact) mass is 443 g/mol. The van der Waals surface area contributed by atoms with Crippen LogP contribution in [0.4, 0.5) is 5.69 Å². The Morgan fingerprint density at radius 3 is 2.34 bits per heavy atom. The molecule has 162 valence electrons. The van der Waals surface area contributed by atoms with Crippen LogP contribution in [0.5, 0.6) is 5.75 Å². The van der Waals surface area contributed by atoms with Crippen molar-refractivity contribution in [2.45, 2.75) is 67.3 Å². The highest BCUT2D eigenvalue weighted by Gasteiger charge is 2.37. The largest absolute Gasteiger partial charge is 0.495 e. The molecule has 1 unspecified atom stereocenters. The number of hydrogen-bond donors (Lipinski definition) is 2. The minimum absolute atomic E-state index is 0.0408. The second-order valence-corrected chi connectivity index (χ2v) is 11.7. The van der Waals surface area contributed by atoms with Gasteiger partial charge in [-0.2, -0.15) is 9.03 Å². The number of piperidine rings is 1. The van der Waals surface area contributed by atoms with Crippen LogP contribution in [-0.4, -0.2) is 47.5 Å². The molecule has 29 heavy (non-hydrogen) atoms. The third-order valence-corrected chi connectivity index (χ3v) is 9.60. The number of nitrogens with zero attached hydrogens (tertiary/aromatic N) is 1. The van der Waals surface area contributed by atoms with Gasteiger partial charge in [-0.25, -0.2) is 16.8 Å². The van der Waals surface area contributed by atoms with Gasteiger partial charge in [0.2, 0.25) is 20.0 Å². The SMILES string of the molecule is COc1cc2c(cc1S(=O)(=O)N1CCCCC1)S(=O)(=O)NC(C1CCCCC1)N2. The summed E-state index contributed by atoms with van der Waals surface area (Å²) in [6.45, 7) is 0.880. The van der Waals surface area contributed by atoms with Gasteiger partial charge in [-0.15, -0.1) is 0 Å². The van der Waals surface area contributed by atoms with E-state index in [0.29, 0.717) is 18.8 Å². The lowest BCUT2D eigenvalue weighted by atomic mass is 9.87. The number of anilines is 1. The summed E-state index contributed by atoms with van der Waals surface area (Å²) >= 11 is 0. The Balaban J connectivity index is 1.73. The number of fused-ring (bicyclic) bond motifs is 1. The van der Waals surface area contributed by atoms with Crippen molar-refractivity contribution in [2.24, 2.45) is 5.92 Å². The van der Waals surface area contributed by atoms with Crippen molar-refractivity contribution in [3.05, 3.63) is 12.1 Å². The van der Waals surface area contributed by atoms with E-state index in [2.05, 4.69) is 10.0 Å². The van der Waals surface area contributed by atoms with Gasteiger partial charge in [0.1, 0.15) is 15.5 Å². The van der Waals surface area contributed by atoms with Crippen LogP contribution < -0.4 is 14.8 Å². The molecule has 2 heterocycles. The van der Waals surface area contributed by atoms with Gasteiger partial charge in [0, 0.05) is 19.2 Å². The van der Waals surface area contributed by atoms with Crippen molar-refractivity contribution >= 4 is 25.7 Å². The number of nitrogens with one attached hydrogen (secondary N) is 2. The number of rotatable bonds is 4. The molecule has 1 saturated carbocycles. The lowest BCUT2D eigenvalue weighted by molar-refractivity contribution is 0.305. The van der Waals surface area contributed by atoms with Gasteiger partial charge in [-0.1, -0.05) is 25.7 Å². The van der Waals surface area contributed by atoms with E-state index in [1.807, 2.05) is 0 Å². The number of ether oxygens (including phenoxy) is 1. The first-order valence-corrected chi connectivity index (χ1v) is 13.3. The standard InChI is InChI=1S/C19H29N3O5S2/c1-27-16-12-15-17(13-18(16)29(25,26)22-10-6-3-7-11-22)28(23,24)21-19(20-15)14-8-4-2-5-9-14/h12-14,19-21H,2-11H2,1H3. The van der Waals surface area contributed by atoms with E-state index in [1.54, 1.807) is 0 Å². The molecule has 1 aromatic rings. The molecular formula is C19H29N3O5S2. The van der Waals surface area contributed by atoms with Gasteiger partial charge in [-0.05, 0) is 37.7 Å². The smallest absolute Gasteiger partial charge is 0.246 e. The van der Waals surface area contributed by atoms with Crippen molar-refractivity contribution in [3.8, 4) is 5.75 Å². The predicted molar refractivity (Wildman–Crippen MR) is 110 cm³/mol. The molecule has 2 aliphatic heterocycles. The Labute approximate surface area is 173 Å². The predicted octanol–water partition coefficient (Wildman–Crippen LogP) is 2.48. The van der Waals surface area contributed by atoms with Crippen molar-refractivity contribution in [3.63, 3.8) is 0 Å². The topological polar surface area (TPSA) is 105 Å². The van der Waals surface area contributed by atoms with E-state index in [0.717, 1.165) is 44.9 Å². The molecule has 0 spiro atoms. The highest BCUT2D eigenvalue weighted by Crippen LogP contribution is 2.39. The Kier molecular flexibility index (Phi) is 5.80. The normalized spacial score (nSPS) is 25.8. The maximum absolute atomic E-state index is 13.2. The van der Waals surface area contributed by atoms with E-state index in [1.165, 1.54) is 30.0 Å². The van der Waals surface area contributed by atoms with Gasteiger partial charge in [0.25, 0.3) is 0 Å². The van der Waals surface area contributed by atoms with E-state index in [9.17, 15) is 16.8 Å². The zero-order valence-electron chi connectivity index (χ0n) is 16.7. The molecule has 8 nitrogen and oxygen atoms in total. The fourth-order valence-electron chi connectivity index (χ4n) is 4.59. The first-order valence-electron chi connectivity index (χ1n) is 10.3. The Morgan fingerprint density at radius 1 is 1.03 bits per heavy atom. The van der Waals surface area contributed by atoms with Gasteiger partial charge >= 0.3 is 0 Å². The summed E-state index contributed by atoms with van der Waals surface area (Å²) in [6.07, 6.45) is 7.51. The minimum atomic E-state index is -3.83. The average Bonchev–Trinajstić information content (AvgIpc) is 2.73. The van der Waals surface area contributed by atoms with Crippen LogP contribution in [0, 0.1) is 5.92 Å². The maximum atomic E-state index is 13.2. The first-order chi connectivity index (χ1) is 13.8. The highest BCUT2D eigenvalue weighted by molar-refractivity contribution is 7.90. The van der Waals surface area contributed by atoms with E-state index in [4.69, 9.17) is 4.74 Å². The Morgan fingerprint density at radius 2 is 1.69 bits per heavy atom. The van der Waals surface area contributed by atoms with E-state index < -0.39 is 20.0 Å². The van der Waals surface area contributed by atoms with Crippen LogP contribution in [0.3, 0.4) is 0 Å². The van der Waals surface area contributed by atoms with E-state index >= 15 is 0 Å². The van der Waals surface area contributed by atoms with Crippen molar-refractivity contribution in [1.82, 2.24) is 9.03 Å². The van der Waals surface area contributed by atoms with Crippen LogP contribution in [-0.2, 0) is 20.0 Å². The molecule has 0 aromatic heterocycles. The molecule has 1 aromatic carbocycles. The molecule has 3 aliphatic rings. The highest BCUT2D eigenvalue weighted by atomic mass is 32.2. The molecular weight excluding hydrogens is 414 g/mol. The van der Waals surface area contributed by atoms with Crippen molar-refractivity contribution in [2.75, 3.05) is 25.5 Å². The molecule has 10 heteroatoms. The Hall–Kier alpha value is -1.36. The molecule has 4 rings (SSSR count). The fraction of sp³-hybridized carbons (Fsp3) is 0.684. The minimum Gasteiger partial charge on any atom is -0.495 e. The lowest BCUT2D eigenvalue weighted by Crippen LogP contribution is -2.49. The molecule has 2 N–H and O–H groups in total. The van der Waals surface area contributed by atoms with Gasteiger partial charge in [0.05, 0.1) is 19.0 Å². The molecule has 2 fully saturated rings. The van der Waals surface area contributed by atoms with Gasteiger partial charge in [-0.3, -0.25) is 0 Å². The Bertz CT molecular complexity index is 966. The molecule has 0 amide bonds. The molecule has 1 atom stereocenters. The third-order valence-electron chi connectivity index (χ3n) is 6.20. The summed E-state index contributed by atoms with van der Waals surface area (Å²) in [6, 6.07) is 2.75. The zero-order chi connectivity index (χ0) is 20.6. The summed E-state index contributed by atoms with van der Waals surface area (Å²) in [5, 5.41) is 3.28. The quantitative estimate of drug-likeness (QED) is 0.741. The number of sulfonamides is 2. The van der Waals surface area contributed by atoms with E-state index in [-0.39, 0.29) is 27.6 Å². The number of hydrogen-bond acceptors (Lipinski definition) is 6. The number of methoxy groups -OCH3 is 1. The first kappa shape index (κ1) is 20.9. The van der Waals surface area contributed by atoms with Gasteiger partial charge in [0.15, 0.2) is 0 Å². The van der Waals surface area contributed by atoms with Crippen molar-refractivity contribution < 1.29 is 21.6 Å². The number of benzene rings is 1. The fourth-order valence-corrected chi connectivity index (χ4v) is 7.74. The third kappa shape index (κ3) is 3.99. The van der Waals surface area contributed by atoms with Crippen LogP contribution in [0.1, 0.15) is 51.4 Å². The second-order valence-electron chi connectivity index (χ2n) is 8.11. The van der Waals surface area contributed by atoms with Gasteiger partial charge < -0.3 is 10.1 Å².